The van der Waals surface area contributed by atoms with Crippen molar-refractivity contribution in [3.05, 3.63) is 29.3 Å². The van der Waals surface area contributed by atoms with Crippen LogP contribution in [0, 0.1) is 0 Å². The molecule has 5 nitrogen and oxygen atoms in total. The summed E-state index contributed by atoms with van der Waals surface area (Å²) in [5.41, 5.74) is 1.02. The molecule has 1 aromatic carbocycles. The molecule has 1 unspecified atom stereocenters. The van der Waals surface area contributed by atoms with E-state index in [9.17, 15) is 9.59 Å². The highest BCUT2D eigenvalue weighted by atomic mass is 16.5. The van der Waals surface area contributed by atoms with Crippen molar-refractivity contribution in [2.75, 3.05) is 6.54 Å². The van der Waals surface area contributed by atoms with Crippen LogP contribution < -0.4 is 4.74 Å². The molecule has 1 aromatic rings. The summed E-state index contributed by atoms with van der Waals surface area (Å²) >= 11 is 0. The number of rotatable bonds is 1. The lowest BCUT2D eigenvalue weighted by Gasteiger charge is -2.20. The summed E-state index contributed by atoms with van der Waals surface area (Å²) in [5.74, 6) is -0.450. The Balaban J connectivity index is 2.37. The Morgan fingerprint density at radius 3 is 2.78 bits per heavy atom. The third kappa shape index (κ3) is 2.45. The van der Waals surface area contributed by atoms with Crippen molar-refractivity contribution < 1.29 is 19.4 Å². The van der Waals surface area contributed by atoms with Gasteiger partial charge in [0.15, 0.2) is 0 Å². The zero-order valence-corrected chi connectivity index (χ0v) is 10.3. The smallest absolute Gasteiger partial charge is 0.335 e. The minimum atomic E-state index is -0.985. The van der Waals surface area contributed by atoms with E-state index < -0.39 is 5.97 Å². The normalized spacial score (nSPS) is 18.6. The number of carboxylic acids is 1. The Kier molecular flexibility index (Phi) is 3.23. The molecular formula is C13H15NO4. The Morgan fingerprint density at radius 2 is 2.17 bits per heavy atom. The first kappa shape index (κ1) is 12.4. The van der Waals surface area contributed by atoms with Crippen LogP contribution >= 0.6 is 0 Å². The van der Waals surface area contributed by atoms with Gasteiger partial charge in [0.05, 0.1) is 12.1 Å². The predicted octanol–water partition coefficient (Wildman–Crippen LogP) is 1.51. The lowest BCUT2D eigenvalue weighted by atomic mass is 10.1. The van der Waals surface area contributed by atoms with Gasteiger partial charge >= 0.3 is 5.97 Å². The maximum Gasteiger partial charge on any atom is 0.335 e. The molecule has 0 spiro atoms. The largest absolute Gasteiger partial charge is 0.488 e. The molecule has 0 fully saturated rings. The molecule has 0 radical (unpaired) electrons. The number of hydrogen-bond donors (Lipinski definition) is 1. The number of fused-ring (bicyclic) bond motifs is 1. The number of carbonyl (C=O) groups is 2. The molecule has 0 bridgehead atoms. The summed E-state index contributed by atoms with van der Waals surface area (Å²) in [4.78, 5) is 24.1. The average molecular weight is 249 g/mol. The van der Waals surface area contributed by atoms with Gasteiger partial charge in [0, 0.05) is 19.0 Å². The van der Waals surface area contributed by atoms with Gasteiger partial charge in [-0.15, -0.1) is 0 Å². The van der Waals surface area contributed by atoms with Gasteiger partial charge in [0.25, 0.3) is 0 Å². The summed E-state index contributed by atoms with van der Waals surface area (Å²) in [5, 5.41) is 8.94. The third-order valence-electron chi connectivity index (χ3n) is 2.93. The van der Waals surface area contributed by atoms with E-state index >= 15 is 0 Å². The zero-order chi connectivity index (χ0) is 13.3. The third-order valence-corrected chi connectivity index (χ3v) is 2.93. The first-order valence-electron chi connectivity index (χ1n) is 5.75. The zero-order valence-electron chi connectivity index (χ0n) is 10.3. The molecule has 1 N–H and O–H groups in total. The van der Waals surface area contributed by atoms with Gasteiger partial charge < -0.3 is 14.7 Å². The second-order valence-corrected chi connectivity index (χ2v) is 4.46. The van der Waals surface area contributed by atoms with Crippen molar-refractivity contribution in [3.8, 4) is 5.75 Å². The molecule has 0 aromatic heterocycles. The van der Waals surface area contributed by atoms with Crippen LogP contribution in [0.5, 0.6) is 5.75 Å². The molecule has 2 rings (SSSR count). The van der Waals surface area contributed by atoms with Crippen LogP contribution in [0.4, 0.5) is 0 Å². The van der Waals surface area contributed by atoms with E-state index in [2.05, 4.69) is 0 Å². The minimum Gasteiger partial charge on any atom is -0.488 e. The molecule has 18 heavy (non-hydrogen) atoms. The summed E-state index contributed by atoms with van der Waals surface area (Å²) in [6, 6.07) is 4.74. The molecule has 5 heteroatoms. The lowest BCUT2D eigenvalue weighted by Crippen LogP contribution is -2.34. The number of carbonyl (C=O) groups excluding carboxylic acids is 1. The predicted molar refractivity (Wildman–Crippen MR) is 64.6 cm³/mol. The molecule has 1 atom stereocenters. The van der Waals surface area contributed by atoms with Crippen LogP contribution in [0.15, 0.2) is 18.2 Å². The van der Waals surface area contributed by atoms with Crippen molar-refractivity contribution in [1.29, 1.82) is 0 Å². The van der Waals surface area contributed by atoms with Crippen LogP contribution in [-0.2, 0) is 11.3 Å². The van der Waals surface area contributed by atoms with Crippen molar-refractivity contribution >= 4 is 11.9 Å². The molecule has 1 aliphatic rings. The molecule has 0 saturated carbocycles. The standard InChI is InChI=1S/C13H15NO4/c1-8-6-14(9(2)15)7-11-4-3-10(13(16)17)5-12(11)18-8/h3-5,8H,6-7H2,1-2H3,(H,16,17). The van der Waals surface area contributed by atoms with E-state index in [1.165, 1.54) is 19.1 Å². The van der Waals surface area contributed by atoms with Crippen molar-refractivity contribution in [2.45, 2.75) is 26.5 Å². The van der Waals surface area contributed by atoms with E-state index in [1.807, 2.05) is 6.92 Å². The van der Waals surface area contributed by atoms with Crippen LogP contribution in [0.25, 0.3) is 0 Å². The van der Waals surface area contributed by atoms with Gasteiger partial charge in [0.1, 0.15) is 11.9 Å². The van der Waals surface area contributed by atoms with Crippen LogP contribution in [0.2, 0.25) is 0 Å². The fourth-order valence-corrected chi connectivity index (χ4v) is 2.00. The van der Waals surface area contributed by atoms with E-state index in [0.717, 1.165) is 5.56 Å². The second-order valence-electron chi connectivity index (χ2n) is 4.46. The first-order chi connectivity index (χ1) is 8.47. The molecule has 96 valence electrons. The number of amides is 1. The highest BCUT2D eigenvalue weighted by Gasteiger charge is 2.22. The Morgan fingerprint density at radius 1 is 1.44 bits per heavy atom. The fourth-order valence-electron chi connectivity index (χ4n) is 2.00. The van der Waals surface area contributed by atoms with E-state index in [0.29, 0.717) is 18.8 Å². The maximum absolute atomic E-state index is 11.5. The molecule has 1 heterocycles. The topological polar surface area (TPSA) is 66.8 Å². The Hall–Kier alpha value is -2.04. The van der Waals surface area contributed by atoms with E-state index in [1.54, 1.807) is 11.0 Å². The maximum atomic E-state index is 11.5. The van der Waals surface area contributed by atoms with Gasteiger partial charge in [-0.3, -0.25) is 4.79 Å². The Bertz CT molecular complexity index is 498. The summed E-state index contributed by atoms with van der Waals surface area (Å²) < 4.78 is 5.67. The van der Waals surface area contributed by atoms with Crippen LogP contribution in [0.3, 0.4) is 0 Å². The summed E-state index contributed by atoms with van der Waals surface area (Å²) in [7, 11) is 0. The quantitative estimate of drug-likeness (QED) is 0.819. The molecule has 1 amide bonds. The van der Waals surface area contributed by atoms with Crippen molar-refractivity contribution in [1.82, 2.24) is 4.90 Å². The van der Waals surface area contributed by atoms with Crippen molar-refractivity contribution in [3.63, 3.8) is 0 Å². The van der Waals surface area contributed by atoms with Crippen LogP contribution in [0.1, 0.15) is 29.8 Å². The lowest BCUT2D eigenvalue weighted by molar-refractivity contribution is -0.130. The Labute approximate surface area is 105 Å². The fraction of sp³-hybridized carbons (Fsp3) is 0.385. The molecule has 1 aliphatic heterocycles. The number of aromatic carboxylic acids is 1. The highest BCUT2D eigenvalue weighted by molar-refractivity contribution is 5.88. The SMILES string of the molecule is CC(=O)N1Cc2ccc(C(=O)O)cc2OC(C)C1. The number of nitrogens with zero attached hydrogens (tertiary/aromatic N) is 1. The van der Waals surface area contributed by atoms with Crippen molar-refractivity contribution in [2.24, 2.45) is 0 Å². The number of ether oxygens (including phenoxy) is 1. The second kappa shape index (κ2) is 4.68. The minimum absolute atomic E-state index is 0.0133. The monoisotopic (exact) mass is 249 g/mol. The van der Waals surface area contributed by atoms with Crippen LogP contribution in [-0.4, -0.2) is 34.5 Å². The summed E-state index contributed by atoms with van der Waals surface area (Å²) in [6.07, 6.45) is -0.154. The summed E-state index contributed by atoms with van der Waals surface area (Å²) in [6.45, 7) is 4.34. The van der Waals surface area contributed by atoms with E-state index in [-0.39, 0.29) is 17.6 Å². The average Bonchev–Trinajstić information content (AvgIpc) is 2.45. The first-order valence-corrected chi connectivity index (χ1v) is 5.75. The highest BCUT2D eigenvalue weighted by Crippen LogP contribution is 2.26. The van der Waals surface area contributed by atoms with E-state index in [4.69, 9.17) is 9.84 Å². The molecule has 0 aliphatic carbocycles. The van der Waals surface area contributed by atoms with Gasteiger partial charge in [-0.05, 0) is 19.1 Å². The van der Waals surface area contributed by atoms with Gasteiger partial charge in [0.2, 0.25) is 5.91 Å². The number of carboxylic acid groups (broad SMARTS) is 1. The van der Waals surface area contributed by atoms with Gasteiger partial charge in [-0.1, -0.05) is 6.07 Å². The number of benzene rings is 1. The number of hydrogen-bond acceptors (Lipinski definition) is 3. The van der Waals surface area contributed by atoms with Gasteiger partial charge in [-0.2, -0.15) is 0 Å². The molecule has 0 saturated heterocycles. The molecular weight excluding hydrogens is 234 g/mol. The van der Waals surface area contributed by atoms with Gasteiger partial charge in [-0.25, -0.2) is 4.79 Å².